The Hall–Kier alpha value is -1.23. The molecule has 0 amide bonds. The van der Waals surface area contributed by atoms with Crippen molar-refractivity contribution in [1.82, 2.24) is 4.98 Å². The van der Waals surface area contributed by atoms with E-state index in [0.29, 0.717) is 17.4 Å². The zero-order valence-corrected chi connectivity index (χ0v) is 12.9. The van der Waals surface area contributed by atoms with E-state index in [1.807, 2.05) is 18.7 Å². The maximum Gasteiger partial charge on any atom is 0.335 e. The van der Waals surface area contributed by atoms with Gasteiger partial charge in [0.1, 0.15) is 5.82 Å². The van der Waals surface area contributed by atoms with Crippen LogP contribution in [0.15, 0.2) is 12.1 Å². The minimum Gasteiger partial charge on any atom is -0.478 e. The van der Waals surface area contributed by atoms with Gasteiger partial charge in [0.2, 0.25) is 0 Å². The average molecular weight is 294 g/mol. The van der Waals surface area contributed by atoms with E-state index in [-0.39, 0.29) is 0 Å². The largest absolute Gasteiger partial charge is 0.478 e. The van der Waals surface area contributed by atoms with Gasteiger partial charge in [-0.1, -0.05) is 13.8 Å². The molecule has 1 fully saturated rings. The number of rotatable bonds is 6. The molecule has 1 aromatic heterocycles. The van der Waals surface area contributed by atoms with E-state index in [9.17, 15) is 4.79 Å². The van der Waals surface area contributed by atoms with Crippen molar-refractivity contribution in [2.45, 2.75) is 50.8 Å². The summed E-state index contributed by atoms with van der Waals surface area (Å²) in [7, 11) is 0. The van der Waals surface area contributed by atoms with E-state index >= 15 is 0 Å². The van der Waals surface area contributed by atoms with Gasteiger partial charge in [-0.3, -0.25) is 0 Å². The summed E-state index contributed by atoms with van der Waals surface area (Å²) in [5.74, 6) is 0.967. The Morgan fingerprint density at radius 3 is 2.90 bits per heavy atom. The van der Waals surface area contributed by atoms with Crippen LogP contribution in [0.2, 0.25) is 0 Å². The molecule has 1 aliphatic carbocycles. The Balaban J connectivity index is 2.05. The molecule has 0 aliphatic heterocycles. The van der Waals surface area contributed by atoms with E-state index < -0.39 is 5.97 Å². The zero-order valence-electron chi connectivity index (χ0n) is 12.1. The van der Waals surface area contributed by atoms with E-state index in [1.165, 1.54) is 6.42 Å². The molecular formula is C15H22N2O2S. The first kappa shape index (κ1) is 15.2. The fourth-order valence-corrected chi connectivity index (χ4v) is 3.78. The monoisotopic (exact) mass is 294 g/mol. The van der Waals surface area contributed by atoms with Crippen LogP contribution in [0.5, 0.6) is 0 Å². The highest BCUT2D eigenvalue weighted by Gasteiger charge is 2.24. The third-order valence-corrected chi connectivity index (χ3v) is 4.86. The fourth-order valence-electron chi connectivity index (χ4n) is 2.63. The molecule has 1 heterocycles. The predicted octanol–water partition coefficient (Wildman–Crippen LogP) is 3.43. The summed E-state index contributed by atoms with van der Waals surface area (Å²) in [6.07, 6.45) is 4.25. The number of anilines is 1. The molecule has 2 unspecified atom stereocenters. The lowest BCUT2D eigenvalue weighted by Gasteiger charge is -2.15. The first-order valence-electron chi connectivity index (χ1n) is 7.24. The molecule has 0 aromatic carbocycles. The average Bonchev–Trinajstić information content (AvgIpc) is 2.86. The van der Waals surface area contributed by atoms with E-state index in [4.69, 9.17) is 5.11 Å². The van der Waals surface area contributed by atoms with Gasteiger partial charge in [-0.15, -0.1) is 0 Å². The third kappa shape index (κ3) is 3.88. The van der Waals surface area contributed by atoms with Crippen molar-refractivity contribution in [3.63, 3.8) is 0 Å². The van der Waals surface area contributed by atoms with Crippen LogP contribution in [0, 0.1) is 0 Å². The molecule has 0 radical (unpaired) electrons. The van der Waals surface area contributed by atoms with Crippen LogP contribution in [0.4, 0.5) is 5.82 Å². The summed E-state index contributed by atoms with van der Waals surface area (Å²) in [6.45, 7) is 4.18. The van der Waals surface area contributed by atoms with Crippen LogP contribution in [0.3, 0.4) is 0 Å². The Kier molecular flexibility index (Phi) is 5.29. The van der Waals surface area contributed by atoms with E-state index in [2.05, 4.69) is 17.2 Å². The molecule has 110 valence electrons. The lowest BCUT2D eigenvalue weighted by atomic mass is 10.2. The van der Waals surface area contributed by atoms with Gasteiger partial charge in [-0.25, -0.2) is 9.78 Å². The van der Waals surface area contributed by atoms with Crippen LogP contribution in [0.25, 0.3) is 0 Å². The van der Waals surface area contributed by atoms with Crippen molar-refractivity contribution in [1.29, 1.82) is 0 Å². The van der Waals surface area contributed by atoms with Gasteiger partial charge >= 0.3 is 5.97 Å². The van der Waals surface area contributed by atoms with Gasteiger partial charge < -0.3 is 10.4 Å². The zero-order chi connectivity index (χ0) is 14.5. The van der Waals surface area contributed by atoms with E-state index in [1.54, 1.807) is 12.1 Å². The van der Waals surface area contributed by atoms with Crippen molar-refractivity contribution >= 4 is 23.5 Å². The molecule has 4 nitrogen and oxygen atoms in total. The summed E-state index contributed by atoms with van der Waals surface area (Å²) < 4.78 is 0. The molecule has 1 aromatic rings. The Morgan fingerprint density at radius 1 is 1.45 bits per heavy atom. The number of hydrogen-bond acceptors (Lipinski definition) is 4. The highest BCUT2D eigenvalue weighted by atomic mass is 32.2. The van der Waals surface area contributed by atoms with Crippen LogP contribution in [-0.4, -0.2) is 33.1 Å². The highest BCUT2D eigenvalue weighted by molar-refractivity contribution is 7.99. The minimum absolute atomic E-state index is 0.317. The van der Waals surface area contributed by atoms with Crippen molar-refractivity contribution in [2.75, 3.05) is 11.1 Å². The molecule has 0 spiro atoms. The van der Waals surface area contributed by atoms with Gasteiger partial charge in [-0.05, 0) is 43.6 Å². The first-order chi connectivity index (χ1) is 9.62. The molecular weight excluding hydrogens is 272 g/mol. The highest BCUT2D eigenvalue weighted by Crippen LogP contribution is 2.31. The SMILES string of the molecule is CCSC1CCC(Nc2cc(C(=O)O)cc(CC)n2)C1. The Morgan fingerprint density at radius 2 is 2.25 bits per heavy atom. The predicted molar refractivity (Wildman–Crippen MR) is 83.8 cm³/mol. The number of aromatic carboxylic acids is 1. The minimum atomic E-state index is -0.893. The second-order valence-electron chi connectivity index (χ2n) is 5.12. The van der Waals surface area contributed by atoms with Gasteiger partial charge in [0.15, 0.2) is 0 Å². The number of aryl methyl sites for hydroxylation is 1. The van der Waals surface area contributed by atoms with Crippen molar-refractivity contribution < 1.29 is 9.90 Å². The standard InChI is InChI=1S/C15H22N2O2S/c1-3-11-7-10(15(18)19)8-14(16-11)17-12-5-6-13(9-12)20-4-2/h7-8,12-13H,3-6,9H2,1-2H3,(H,16,17)(H,18,19). The van der Waals surface area contributed by atoms with Crippen LogP contribution in [-0.2, 0) is 6.42 Å². The molecule has 2 rings (SSSR count). The number of hydrogen-bond donors (Lipinski definition) is 2. The molecule has 20 heavy (non-hydrogen) atoms. The number of carboxylic acid groups (broad SMARTS) is 1. The molecule has 0 bridgehead atoms. The molecule has 0 saturated heterocycles. The maximum atomic E-state index is 11.1. The van der Waals surface area contributed by atoms with Gasteiger partial charge in [0.25, 0.3) is 0 Å². The second kappa shape index (κ2) is 6.97. The number of carbonyl (C=O) groups is 1. The van der Waals surface area contributed by atoms with E-state index in [0.717, 1.165) is 36.0 Å². The number of nitrogens with zero attached hydrogens (tertiary/aromatic N) is 1. The third-order valence-electron chi connectivity index (χ3n) is 3.63. The molecule has 5 heteroatoms. The lowest BCUT2D eigenvalue weighted by molar-refractivity contribution is 0.0696. The second-order valence-corrected chi connectivity index (χ2v) is 6.70. The smallest absolute Gasteiger partial charge is 0.335 e. The molecule has 2 N–H and O–H groups in total. The molecule has 2 atom stereocenters. The Bertz CT molecular complexity index is 479. The molecule has 1 aliphatic rings. The first-order valence-corrected chi connectivity index (χ1v) is 8.29. The van der Waals surface area contributed by atoms with Crippen molar-refractivity contribution in [3.05, 3.63) is 23.4 Å². The van der Waals surface area contributed by atoms with Gasteiger partial charge in [0.05, 0.1) is 5.56 Å². The fraction of sp³-hybridized carbons (Fsp3) is 0.600. The quantitative estimate of drug-likeness (QED) is 0.841. The van der Waals surface area contributed by atoms with Gasteiger partial charge in [0, 0.05) is 17.0 Å². The Labute approximate surface area is 124 Å². The summed E-state index contributed by atoms with van der Waals surface area (Å²) in [4.78, 5) is 15.6. The lowest BCUT2D eigenvalue weighted by Crippen LogP contribution is -2.18. The summed E-state index contributed by atoms with van der Waals surface area (Å²) in [6, 6.07) is 3.71. The van der Waals surface area contributed by atoms with Gasteiger partial charge in [-0.2, -0.15) is 11.8 Å². The molecule has 1 saturated carbocycles. The normalized spacial score (nSPS) is 21.9. The number of carboxylic acids is 1. The number of thioether (sulfide) groups is 1. The number of pyridine rings is 1. The summed E-state index contributed by atoms with van der Waals surface area (Å²) in [5.41, 5.74) is 1.14. The van der Waals surface area contributed by atoms with Crippen LogP contribution < -0.4 is 5.32 Å². The van der Waals surface area contributed by atoms with Crippen LogP contribution >= 0.6 is 11.8 Å². The van der Waals surface area contributed by atoms with Crippen molar-refractivity contribution in [2.24, 2.45) is 0 Å². The number of aromatic nitrogens is 1. The summed E-state index contributed by atoms with van der Waals surface area (Å²) in [5, 5.41) is 13.3. The maximum absolute atomic E-state index is 11.1. The summed E-state index contributed by atoms with van der Waals surface area (Å²) >= 11 is 2.01. The van der Waals surface area contributed by atoms with Crippen LogP contribution in [0.1, 0.15) is 49.2 Å². The number of nitrogens with one attached hydrogen (secondary N) is 1. The topological polar surface area (TPSA) is 62.2 Å². The van der Waals surface area contributed by atoms with Crippen molar-refractivity contribution in [3.8, 4) is 0 Å².